The molecule has 1 aromatic heterocycles. The van der Waals surface area contributed by atoms with E-state index in [-0.39, 0.29) is 11.8 Å². The van der Waals surface area contributed by atoms with E-state index in [1.54, 1.807) is 20.8 Å². The number of aromatic hydroxyl groups is 2. The van der Waals surface area contributed by atoms with Crippen molar-refractivity contribution in [1.82, 2.24) is 4.57 Å². The Hall–Kier alpha value is -2.18. The lowest BCUT2D eigenvalue weighted by Gasteiger charge is -2.27. The monoisotopic (exact) mass is 284 g/mol. The normalized spacial score (nSPS) is 14.6. The third-order valence-electron chi connectivity index (χ3n) is 2.72. The van der Waals surface area contributed by atoms with Gasteiger partial charge in [0.25, 0.3) is 0 Å². The molecule has 20 heavy (non-hydrogen) atoms. The van der Waals surface area contributed by atoms with Gasteiger partial charge in [-0.15, -0.1) is 0 Å². The predicted molar refractivity (Wildman–Crippen MR) is 71.0 cm³/mol. The Kier molecular flexibility index (Phi) is 4.32. The van der Waals surface area contributed by atoms with Crippen LogP contribution < -0.4 is 5.73 Å². The molecule has 0 radical (unpaired) electrons. The second-order valence-corrected chi connectivity index (χ2v) is 5.59. The summed E-state index contributed by atoms with van der Waals surface area (Å²) in [6.07, 6.45) is 0. The lowest BCUT2D eigenvalue weighted by Crippen LogP contribution is -2.38. The highest BCUT2D eigenvalue weighted by atomic mass is 16.6. The topological polar surface area (TPSA) is 115 Å². The number of rotatable bonds is 4. The Morgan fingerprint density at radius 2 is 1.70 bits per heavy atom. The number of hydrogen-bond acceptors (Lipinski definition) is 5. The summed E-state index contributed by atoms with van der Waals surface area (Å²) >= 11 is 0. The molecule has 1 unspecified atom stereocenters. The van der Waals surface area contributed by atoms with Gasteiger partial charge in [-0.2, -0.15) is 0 Å². The smallest absolute Gasteiger partial charge is 0.330 e. The molecule has 112 valence electrons. The standard InChI is InChI=1S/C13H20N2O5/c1-7(11(14)18)10(12(19)20-13(2,3)4)15-8(16)5-6-9(15)17/h5-7,10,16-17H,1-4H3,(H2,14,18)/t7?,10-/m0/s1. The number of ether oxygens (including phenoxy) is 1. The molecule has 0 aliphatic carbocycles. The van der Waals surface area contributed by atoms with Gasteiger partial charge in [0.05, 0.1) is 5.92 Å². The van der Waals surface area contributed by atoms with Crippen molar-refractivity contribution in [3.8, 4) is 11.8 Å². The molecule has 1 heterocycles. The van der Waals surface area contributed by atoms with E-state index >= 15 is 0 Å². The van der Waals surface area contributed by atoms with E-state index in [4.69, 9.17) is 10.5 Å². The average Bonchev–Trinajstić information content (AvgIpc) is 2.58. The number of nitrogens with two attached hydrogens (primary N) is 1. The van der Waals surface area contributed by atoms with Crippen molar-refractivity contribution < 1.29 is 24.5 Å². The molecule has 1 rings (SSSR count). The molecule has 1 aromatic rings. The molecular weight excluding hydrogens is 264 g/mol. The van der Waals surface area contributed by atoms with E-state index in [0.29, 0.717) is 0 Å². The zero-order chi connectivity index (χ0) is 15.7. The van der Waals surface area contributed by atoms with Crippen LogP contribution >= 0.6 is 0 Å². The van der Waals surface area contributed by atoms with Crippen molar-refractivity contribution in [2.45, 2.75) is 39.3 Å². The first kappa shape index (κ1) is 15.9. The highest BCUT2D eigenvalue weighted by Crippen LogP contribution is 2.32. The molecule has 0 bridgehead atoms. The fourth-order valence-corrected chi connectivity index (χ4v) is 1.76. The molecule has 0 aliphatic heterocycles. The Balaban J connectivity index is 3.23. The van der Waals surface area contributed by atoms with Gasteiger partial charge >= 0.3 is 5.97 Å². The summed E-state index contributed by atoms with van der Waals surface area (Å²) < 4.78 is 6.14. The highest BCUT2D eigenvalue weighted by Gasteiger charge is 2.36. The highest BCUT2D eigenvalue weighted by molar-refractivity contribution is 5.85. The number of nitrogens with zero attached hydrogens (tertiary/aromatic N) is 1. The number of amides is 1. The Labute approximate surface area is 116 Å². The van der Waals surface area contributed by atoms with Crippen LogP contribution in [-0.2, 0) is 14.3 Å². The maximum atomic E-state index is 12.2. The van der Waals surface area contributed by atoms with Crippen LogP contribution in [0.25, 0.3) is 0 Å². The third-order valence-corrected chi connectivity index (χ3v) is 2.72. The summed E-state index contributed by atoms with van der Waals surface area (Å²) in [5.41, 5.74) is 4.45. The van der Waals surface area contributed by atoms with E-state index in [1.807, 2.05) is 0 Å². The van der Waals surface area contributed by atoms with Crippen molar-refractivity contribution in [2.75, 3.05) is 0 Å². The molecule has 2 atom stereocenters. The number of carbonyl (C=O) groups excluding carboxylic acids is 2. The summed E-state index contributed by atoms with van der Waals surface area (Å²) in [4.78, 5) is 23.6. The number of carbonyl (C=O) groups is 2. The van der Waals surface area contributed by atoms with E-state index in [0.717, 1.165) is 4.57 Å². The molecule has 7 heteroatoms. The quantitative estimate of drug-likeness (QED) is 0.711. The van der Waals surface area contributed by atoms with E-state index in [1.165, 1.54) is 19.1 Å². The van der Waals surface area contributed by atoms with E-state index in [9.17, 15) is 19.8 Å². The van der Waals surface area contributed by atoms with Gasteiger partial charge in [-0.3, -0.25) is 9.36 Å². The van der Waals surface area contributed by atoms with Crippen molar-refractivity contribution in [2.24, 2.45) is 11.7 Å². The second kappa shape index (κ2) is 5.44. The van der Waals surface area contributed by atoms with Crippen LogP contribution in [0.4, 0.5) is 0 Å². The second-order valence-electron chi connectivity index (χ2n) is 5.59. The molecule has 0 saturated heterocycles. The van der Waals surface area contributed by atoms with Gasteiger partial charge in [-0.1, -0.05) is 6.92 Å². The van der Waals surface area contributed by atoms with Crippen molar-refractivity contribution in [1.29, 1.82) is 0 Å². The number of primary amides is 1. The number of hydrogen-bond donors (Lipinski definition) is 3. The number of aromatic nitrogens is 1. The first-order valence-electron chi connectivity index (χ1n) is 6.16. The summed E-state index contributed by atoms with van der Waals surface area (Å²) in [6.45, 7) is 6.45. The summed E-state index contributed by atoms with van der Waals surface area (Å²) in [6, 6.07) is 1.18. The summed E-state index contributed by atoms with van der Waals surface area (Å²) in [5.74, 6) is -3.18. The maximum Gasteiger partial charge on any atom is 0.330 e. The Morgan fingerprint density at radius 1 is 1.25 bits per heavy atom. The van der Waals surface area contributed by atoms with E-state index < -0.39 is 29.4 Å². The van der Waals surface area contributed by atoms with Crippen LogP contribution in [0.15, 0.2) is 12.1 Å². The van der Waals surface area contributed by atoms with Gasteiger partial charge in [0, 0.05) is 12.1 Å². The van der Waals surface area contributed by atoms with Gasteiger partial charge < -0.3 is 20.7 Å². The van der Waals surface area contributed by atoms with Crippen LogP contribution in [0.5, 0.6) is 11.8 Å². The van der Waals surface area contributed by atoms with Gasteiger partial charge in [-0.05, 0) is 20.8 Å². The van der Waals surface area contributed by atoms with Crippen LogP contribution in [0.3, 0.4) is 0 Å². The minimum atomic E-state index is -1.23. The molecular formula is C13H20N2O5. The SMILES string of the molecule is CC(C(N)=O)[C@@H](C(=O)OC(C)(C)C)n1c(O)ccc1O. The van der Waals surface area contributed by atoms with Crippen molar-refractivity contribution >= 4 is 11.9 Å². The summed E-state index contributed by atoms with van der Waals surface area (Å²) in [5, 5.41) is 19.4. The minimum absolute atomic E-state index is 0.355. The van der Waals surface area contributed by atoms with Gasteiger partial charge in [0.15, 0.2) is 11.8 Å². The van der Waals surface area contributed by atoms with Crippen molar-refractivity contribution in [3.05, 3.63) is 12.1 Å². The Morgan fingerprint density at radius 3 is 2.05 bits per heavy atom. The molecule has 0 saturated carbocycles. The number of esters is 1. The fraction of sp³-hybridized carbons (Fsp3) is 0.538. The van der Waals surface area contributed by atoms with Crippen LogP contribution in [0.2, 0.25) is 0 Å². The fourth-order valence-electron chi connectivity index (χ4n) is 1.76. The maximum absolute atomic E-state index is 12.2. The largest absolute Gasteiger partial charge is 0.494 e. The minimum Gasteiger partial charge on any atom is -0.494 e. The van der Waals surface area contributed by atoms with Crippen LogP contribution in [-0.4, -0.2) is 32.3 Å². The molecule has 0 fully saturated rings. The predicted octanol–water partition coefficient (Wildman–Crippen LogP) is 0.903. The lowest BCUT2D eigenvalue weighted by atomic mass is 10.0. The molecule has 7 nitrogen and oxygen atoms in total. The molecule has 4 N–H and O–H groups in total. The zero-order valence-electron chi connectivity index (χ0n) is 12.0. The van der Waals surface area contributed by atoms with Gasteiger partial charge in [0.1, 0.15) is 11.6 Å². The van der Waals surface area contributed by atoms with Gasteiger partial charge in [-0.25, -0.2) is 4.79 Å². The molecule has 0 spiro atoms. The molecule has 1 amide bonds. The van der Waals surface area contributed by atoms with E-state index in [2.05, 4.69) is 0 Å². The molecule has 0 aliphatic rings. The van der Waals surface area contributed by atoms with Crippen LogP contribution in [0.1, 0.15) is 33.7 Å². The van der Waals surface area contributed by atoms with Crippen LogP contribution in [0, 0.1) is 5.92 Å². The zero-order valence-corrected chi connectivity index (χ0v) is 12.0. The lowest BCUT2D eigenvalue weighted by molar-refractivity contribution is -0.162. The van der Waals surface area contributed by atoms with Crippen molar-refractivity contribution in [3.63, 3.8) is 0 Å². The average molecular weight is 284 g/mol. The van der Waals surface area contributed by atoms with Gasteiger partial charge in [0.2, 0.25) is 5.91 Å². The first-order chi connectivity index (χ1) is 9.04. The molecule has 0 aromatic carbocycles. The first-order valence-corrected chi connectivity index (χ1v) is 6.16. The Bertz CT molecular complexity index is 496. The third kappa shape index (κ3) is 3.43. The summed E-state index contributed by atoms with van der Waals surface area (Å²) in [7, 11) is 0.